The van der Waals surface area contributed by atoms with Gasteiger partial charge in [0.05, 0.1) is 45.3 Å². The van der Waals surface area contributed by atoms with Gasteiger partial charge in [0.25, 0.3) is 0 Å². The molecule has 42 nitrogen and oxygen atoms in total. The van der Waals surface area contributed by atoms with Crippen LogP contribution in [0.1, 0.15) is 125 Å². The number of primary amides is 1. The quantitative estimate of drug-likeness (QED) is 0.0142. The van der Waals surface area contributed by atoms with Crippen molar-refractivity contribution in [1.29, 1.82) is 0 Å². The summed E-state index contributed by atoms with van der Waals surface area (Å²) in [6, 6.07) is -11.5. The molecule has 0 saturated carbocycles. The van der Waals surface area contributed by atoms with Crippen molar-refractivity contribution >= 4 is 111 Å². The monoisotopic (exact) mass is 1580 g/mol. The molecule has 0 radical (unpaired) electrons. The second-order valence-corrected chi connectivity index (χ2v) is 28.5. The number of nitrogens with one attached hydrogen (secondary N) is 16. The van der Waals surface area contributed by atoms with E-state index in [1.807, 2.05) is 0 Å². The molecule has 0 aliphatic heterocycles. The second-order valence-electron chi connectivity index (χ2n) is 28.5. The van der Waals surface area contributed by atoms with E-state index in [0.29, 0.717) is 22.2 Å². The number of aliphatic carboxylic acids is 1. The van der Waals surface area contributed by atoms with Gasteiger partial charge >= 0.3 is 5.97 Å². The van der Waals surface area contributed by atoms with Gasteiger partial charge in [-0.1, -0.05) is 73.6 Å². The standard InChI is InChI=1S/C70H112N22O20/c1-33(2)20-45(61(104)86-46(21-34(3)4)63(106)90-50(30-93)66(109)83-43(16-13-19-76-70(73)74)59(102)80-29-54(98)79-28-53(97)78-27-52(71)96)87-65(108)49(24-40-26-75-32-81-40)88-62(105)47(22-35(5)6)89-69(112)57(36(7)8)92-60(103)44(17-18-55(99)100)84-67(110)51(31-94)91-64(107)48(23-39-25-77-42-15-12-11-14-41(39)42)85-58(101)37(9)82-68(111)56(72)38(10)95/h11-12,14-15,25-26,32-38,43-51,56-57,77,93-95H,13,16-24,27-31,72H2,1-10H3,(H2,71,96)(H,75,81)(H,78,97)(H,79,98)(H,80,102)(H,82,111)(H,83,109)(H,84,110)(H,85,101)(H,86,104)(H,87,108)(H,88,105)(H,89,112)(H,90,106)(H,91,107)(H,92,103)(H,99,100)(H4,73,74,76)/t37-,38+,43-,44-,45-,46-,47-,48-,49-,50-,51-,56-,57-/m0/s1. The number of aliphatic hydroxyl groups is 3. The van der Waals surface area contributed by atoms with Crippen LogP contribution in [-0.4, -0.2) is 254 Å². The fourth-order valence-electron chi connectivity index (χ4n) is 11.0. The zero-order chi connectivity index (χ0) is 84.2. The summed E-state index contributed by atoms with van der Waals surface area (Å²) in [5.41, 5.74) is 23.1. The van der Waals surface area contributed by atoms with Crippen molar-refractivity contribution < 1.29 is 97.1 Å². The predicted molar refractivity (Wildman–Crippen MR) is 403 cm³/mol. The molecule has 15 amide bonds. The number of para-hydroxylation sites is 1. The van der Waals surface area contributed by atoms with E-state index in [2.05, 4.69) is 94.4 Å². The Hall–Kier alpha value is -11.4. The SMILES string of the molecule is CC(C)C[C@H](NC(=O)[C@H](CC(C)C)NC(=O)[C@H](Cc1cnc[nH]1)NC(=O)[C@H](CC(C)C)NC(=O)[C@@H](NC(=O)[C@H](CCC(=O)O)NC(=O)[C@H](CO)NC(=O)[C@H](Cc1c[nH]c2ccccc12)NC(=O)[C@H](C)NC(=O)[C@@H](N)[C@@H](C)O)C(C)C)C(=O)N[C@@H](CO)C(=O)N[C@@H](CCCN=C(N)N)C(=O)NCC(=O)NCC(=O)NCC(N)=O. The number of aliphatic imine (C=N–C) groups is 1. The van der Waals surface area contributed by atoms with E-state index in [4.69, 9.17) is 22.9 Å². The lowest BCUT2D eigenvalue weighted by Gasteiger charge is -2.30. The van der Waals surface area contributed by atoms with Crippen LogP contribution in [0, 0.1) is 23.7 Å². The molecule has 0 unspecified atom stereocenters. The molecule has 0 saturated heterocycles. The third-order valence-electron chi connectivity index (χ3n) is 17.0. The van der Waals surface area contributed by atoms with Gasteiger partial charge in [0.2, 0.25) is 88.6 Å². The molecule has 0 bridgehead atoms. The maximum Gasteiger partial charge on any atom is 0.303 e. The van der Waals surface area contributed by atoms with E-state index in [9.17, 15) is 97.1 Å². The van der Waals surface area contributed by atoms with E-state index in [1.54, 1.807) is 72.0 Å². The van der Waals surface area contributed by atoms with Gasteiger partial charge in [0.1, 0.15) is 72.5 Å². The second kappa shape index (κ2) is 47.6. The third-order valence-corrected chi connectivity index (χ3v) is 17.0. The Morgan fingerprint density at radius 3 is 1.39 bits per heavy atom. The summed E-state index contributed by atoms with van der Waals surface area (Å²) in [6.45, 7) is 12.0. The lowest BCUT2D eigenvalue weighted by Crippen LogP contribution is -2.62. The summed E-state index contributed by atoms with van der Waals surface area (Å²) >= 11 is 0. The number of aliphatic hydroxyl groups excluding tert-OH is 3. The van der Waals surface area contributed by atoms with Gasteiger partial charge in [-0.25, -0.2) is 4.98 Å². The first-order valence-electron chi connectivity index (χ1n) is 36.5. The number of amides is 15. The maximum atomic E-state index is 14.7. The maximum absolute atomic E-state index is 14.7. The van der Waals surface area contributed by atoms with Crippen molar-refractivity contribution in [3.05, 3.63) is 54.2 Å². The molecule has 13 atom stereocenters. The minimum atomic E-state index is -1.87. The highest BCUT2D eigenvalue weighted by Crippen LogP contribution is 2.20. The summed E-state index contributed by atoms with van der Waals surface area (Å²) in [5.74, 6) is -17.8. The zero-order valence-electron chi connectivity index (χ0n) is 64.5. The first-order chi connectivity index (χ1) is 52.6. The van der Waals surface area contributed by atoms with Crippen molar-refractivity contribution in [3.63, 3.8) is 0 Å². The highest BCUT2D eigenvalue weighted by Gasteiger charge is 2.38. The van der Waals surface area contributed by atoms with Gasteiger partial charge in [-0.3, -0.25) is 81.7 Å². The number of guanidine groups is 1. The number of nitrogens with two attached hydrogens (primary N) is 4. The molecular weight excluding hydrogens is 1470 g/mol. The number of fused-ring (bicyclic) bond motifs is 1. The van der Waals surface area contributed by atoms with E-state index in [1.165, 1.54) is 40.2 Å². The molecule has 2 aromatic heterocycles. The summed E-state index contributed by atoms with van der Waals surface area (Å²) in [6.07, 6.45) is 0.834. The number of imidazole rings is 1. The summed E-state index contributed by atoms with van der Waals surface area (Å²) < 4.78 is 0. The summed E-state index contributed by atoms with van der Waals surface area (Å²) in [5, 5.41) is 75.5. The molecule has 622 valence electrons. The summed E-state index contributed by atoms with van der Waals surface area (Å²) in [7, 11) is 0. The van der Waals surface area contributed by atoms with E-state index >= 15 is 0 Å². The molecule has 1 aromatic carbocycles. The van der Waals surface area contributed by atoms with Crippen molar-refractivity contribution in [3.8, 4) is 0 Å². The van der Waals surface area contributed by atoms with Gasteiger partial charge in [-0.15, -0.1) is 0 Å². The van der Waals surface area contributed by atoms with Crippen LogP contribution in [0.5, 0.6) is 0 Å². The van der Waals surface area contributed by atoms with Gasteiger partial charge in [0.15, 0.2) is 5.96 Å². The predicted octanol–water partition coefficient (Wildman–Crippen LogP) is -7.73. The van der Waals surface area contributed by atoms with E-state index < -0.39 is 225 Å². The van der Waals surface area contributed by atoms with Gasteiger partial charge in [-0.2, -0.15) is 0 Å². The number of hydrogen-bond donors (Lipinski definition) is 24. The Labute approximate surface area is 646 Å². The molecule has 0 fully saturated rings. The Bertz CT molecular complexity index is 3730. The Balaban J connectivity index is 1.88. The molecule has 28 N–H and O–H groups in total. The number of benzene rings is 1. The molecule has 0 aliphatic rings. The molecule has 42 heteroatoms. The third kappa shape index (κ3) is 33.8. The number of H-pyrrole nitrogens is 2. The number of nitrogens with zero attached hydrogens (tertiary/aromatic N) is 2. The molecule has 0 aliphatic carbocycles. The number of hydrogen-bond acceptors (Lipinski definition) is 22. The first kappa shape index (κ1) is 94.8. The smallest absolute Gasteiger partial charge is 0.303 e. The average Bonchev–Trinajstić information content (AvgIpc) is 1.63. The number of aromatic amines is 2. The van der Waals surface area contributed by atoms with Crippen LogP contribution in [0.3, 0.4) is 0 Å². The van der Waals surface area contributed by atoms with Gasteiger partial charge < -0.3 is 128 Å². The first-order valence-corrected chi connectivity index (χ1v) is 36.5. The zero-order valence-corrected chi connectivity index (χ0v) is 64.5. The number of carbonyl (C=O) groups excluding carboxylic acids is 15. The van der Waals surface area contributed by atoms with Crippen LogP contribution < -0.4 is 97.4 Å². The topological polar surface area (TPSA) is 683 Å². The highest BCUT2D eigenvalue weighted by atomic mass is 16.4. The van der Waals surface area contributed by atoms with Crippen LogP contribution in [-0.2, 0) is 89.6 Å². The minimum absolute atomic E-state index is 0.0120. The fourth-order valence-corrected chi connectivity index (χ4v) is 11.0. The lowest BCUT2D eigenvalue weighted by atomic mass is 9.98. The van der Waals surface area contributed by atoms with E-state index in [-0.39, 0.29) is 75.2 Å². The number of carboxylic acids is 1. The van der Waals surface area contributed by atoms with Crippen molar-refractivity contribution in [2.24, 2.45) is 51.6 Å². The Morgan fingerprint density at radius 2 is 0.920 bits per heavy atom. The number of carboxylic acid groups (broad SMARTS) is 1. The average molecular weight is 1580 g/mol. The van der Waals surface area contributed by atoms with Crippen LogP contribution in [0.25, 0.3) is 10.9 Å². The van der Waals surface area contributed by atoms with Crippen LogP contribution in [0.4, 0.5) is 0 Å². The van der Waals surface area contributed by atoms with Crippen molar-refractivity contribution in [1.82, 2.24) is 89.4 Å². The number of rotatable bonds is 50. The van der Waals surface area contributed by atoms with E-state index in [0.717, 1.165) is 0 Å². The Morgan fingerprint density at radius 1 is 0.482 bits per heavy atom. The molecular formula is C70H112N22O20. The minimum Gasteiger partial charge on any atom is -0.481 e. The largest absolute Gasteiger partial charge is 0.481 e. The van der Waals surface area contributed by atoms with Crippen LogP contribution in [0.15, 0.2) is 48.0 Å². The molecule has 3 aromatic rings. The molecule has 0 spiro atoms. The van der Waals surface area contributed by atoms with Gasteiger partial charge in [0, 0.05) is 54.8 Å². The highest BCUT2D eigenvalue weighted by molar-refractivity contribution is 6.00. The number of carbonyl (C=O) groups is 16. The summed E-state index contributed by atoms with van der Waals surface area (Å²) in [4.78, 5) is 230. The van der Waals surface area contributed by atoms with Crippen molar-refractivity contribution in [2.75, 3.05) is 39.4 Å². The van der Waals surface area contributed by atoms with Crippen LogP contribution >= 0.6 is 0 Å². The van der Waals surface area contributed by atoms with Gasteiger partial charge in [-0.05, 0) is 87.7 Å². The molecule has 2 heterocycles. The molecule has 112 heavy (non-hydrogen) atoms. The Kier molecular flexibility index (Phi) is 40.3. The number of aromatic nitrogens is 3. The molecule has 3 rings (SSSR count). The fraction of sp³-hybridized carbons (Fsp3) is 0.600. The van der Waals surface area contributed by atoms with Crippen molar-refractivity contribution in [2.45, 2.75) is 206 Å². The normalized spacial score (nSPS) is 14.7. The van der Waals surface area contributed by atoms with Crippen LogP contribution in [0.2, 0.25) is 0 Å². The lowest BCUT2D eigenvalue weighted by molar-refractivity contribution is -0.139.